The molecule has 9 heteroatoms. The zero-order valence-electron chi connectivity index (χ0n) is 21.4. The van der Waals surface area contributed by atoms with E-state index in [2.05, 4.69) is 5.32 Å². The third-order valence-electron chi connectivity index (χ3n) is 6.88. The van der Waals surface area contributed by atoms with Crippen LogP contribution in [0.25, 0.3) is 0 Å². The predicted molar refractivity (Wildman–Crippen MR) is 133 cm³/mol. The molecule has 0 aromatic heterocycles. The van der Waals surface area contributed by atoms with Gasteiger partial charge < -0.3 is 30.3 Å². The summed E-state index contributed by atoms with van der Waals surface area (Å²) in [6, 6.07) is 4.22. The number of hydrogen-bond acceptors (Lipinski definition) is 5. The molecular weight excluding hydrogens is 448 g/mol. The van der Waals surface area contributed by atoms with Crippen molar-refractivity contribution in [2.45, 2.75) is 83.5 Å². The van der Waals surface area contributed by atoms with E-state index in [1.807, 2.05) is 26.0 Å². The molecular formula is C26H40N4O5. The average molecular weight is 489 g/mol. The van der Waals surface area contributed by atoms with Gasteiger partial charge >= 0.3 is 6.03 Å². The van der Waals surface area contributed by atoms with Gasteiger partial charge in [0, 0.05) is 25.6 Å². The Labute approximate surface area is 208 Å². The molecule has 9 nitrogen and oxygen atoms in total. The highest BCUT2D eigenvalue weighted by molar-refractivity contribution is 5.89. The van der Waals surface area contributed by atoms with Gasteiger partial charge in [-0.1, -0.05) is 39.2 Å². The summed E-state index contributed by atoms with van der Waals surface area (Å²) >= 11 is 0. The Morgan fingerprint density at radius 2 is 1.80 bits per heavy atom. The fourth-order valence-electron chi connectivity index (χ4n) is 5.22. The number of nitrogens with two attached hydrogens (primary N) is 1. The predicted octanol–water partition coefficient (Wildman–Crippen LogP) is 3.05. The average Bonchev–Trinajstić information content (AvgIpc) is 2.81. The number of carbonyl (C=O) groups is 3. The van der Waals surface area contributed by atoms with E-state index in [1.165, 1.54) is 6.42 Å². The van der Waals surface area contributed by atoms with E-state index in [-0.39, 0.29) is 36.9 Å². The monoisotopic (exact) mass is 488 g/mol. The van der Waals surface area contributed by atoms with Gasteiger partial charge in [-0.15, -0.1) is 0 Å². The van der Waals surface area contributed by atoms with E-state index in [9.17, 15) is 14.4 Å². The van der Waals surface area contributed by atoms with Gasteiger partial charge in [0.05, 0.1) is 20.3 Å². The summed E-state index contributed by atoms with van der Waals surface area (Å²) in [5.41, 5.74) is 6.46. The largest absolute Gasteiger partial charge is 0.493 e. The van der Waals surface area contributed by atoms with E-state index in [0.29, 0.717) is 24.5 Å². The van der Waals surface area contributed by atoms with Crippen molar-refractivity contribution in [1.82, 2.24) is 15.1 Å². The van der Waals surface area contributed by atoms with Crippen LogP contribution in [0.5, 0.6) is 11.5 Å². The van der Waals surface area contributed by atoms with Gasteiger partial charge in [-0.25, -0.2) is 4.79 Å². The van der Waals surface area contributed by atoms with Crippen LogP contribution in [0.2, 0.25) is 0 Å². The second-order valence-corrected chi connectivity index (χ2v) is 10.1. The molecule has 194 valence electrons. The zero-order valence-corrected chi connectivity index (χ0v) is 21.4. The van der Waals surface area contributed by atoms with Crippen molar-refractivity contribution in [3.05, 3.63) is 23.8 Å². The maximum Gasteiger partial charge on any atom is 0.318 e. The maximum atomic E-state index is 13.7. The van der Waals surface area contributed by atoms with E-state index in [4.69, 9.17) is 15.2 Å². The normalized spacial score (nSPS) is 21.2. The third-order valence-corrected chi connectivity index (χ3v) is 6.88. The topological polar surface area (TPSA) is 114 Å². The molecule has 1 aromatic carbocycles. The molecule has 4 amide bonds. The Morgan fingerprint density at radius 1 is 1.11 bits per heavy atom. The number of rotatable bonds is 9. The molecule has 1 aliphatic carbocycles. The molecule has 1 saturated heterocycles. The van der Waals surface area contributed by atoms with Crippen LogP contribution in [-0.2, 0) is 16.1 Å². The van der Waals surface area contributed by atoms with E-state index in [1.54, 1.807) is 30.1 Å². The van der Waals surface area contributed by atoms with Crippen molar-refractivity contribution < 1.29 is 23.9 Å². The molecule has 0 bridgehead atoms. The molecule has 1 aromatic rings. The highest BCUT2D eigenvalue weighted by Gasteiger charge is 2.44. The van der Waals surface area contributed by atoms with Crippen LogP contribution >= 0.6 is 0 Å². The van der Waals surface area contributed by atoms with E-state index in [0.717, 1.165) is 31.2 Å². The summed E-state index contributed by atoms with van der Waals surface area (Å²) in [5, 5.41) is 3.14. The highest BCUT2D eigenvalue weighted by atomic mass is 16.5. The Balaban J connectivity index is 1.87. The van der Waals surface area contributed by atoms with Gasteiger partial charge in [-0.05, 0) is 42.9 Å². The van der Waals surface area contributed by atoms with Crippen LogP contribution in [0.1, 0.15) is 64.4 Å². The molecule has 0 spiro atoms. The third kappa shape index (κ3) is 6.80. The van der Waals surface area contributed by atoms with Crippen molar-refractivity contribution in [3.63, 3.8) is 0 Å². The smallest absolute Gasteiger partial charge is 0.318 e. The number of benzene rings is 1. The minimum absolute atomic E-state index is 0.00238. The molecule has 2 aliphatic rings. The summed E-state index contributed by atoms with van der Waals surface area (Å²) in [4.78, 5) is 42.5. The number of piperazine rings is 1. The summed E-state index contributed by atoms with van der Waals surface area (Å²) in [5.74, 6) is 0.762. The first-order chi connectivity index (χ1) is 16.7. The number of nitrogens with one attached hydrogen (secondary N) is 1. The Morgan fingerprint density at radius 3 is 2.40 bits per heavy atom. The Bertz CT molecular complexity index is 900. The SMILES string of the molecule is COc1ccc(CN2C[C@@H](CC(N)=O)N(C(=O)NC3CCCCC3)[C@H](CC(C)C)C2=O)cc1OC. The molecule has 1 heterocycles. The fraction of sp³-hybridized carbons (Fsp3) is 0.654. The second-order valence-electron chi connectivity index (χ2n) is 10.1. The van der Waals surface area contributed by atoms with Crippen LogP contribution in [0.4, 0.5) is 4.79 Å². The maximum absolute atomic E-state index is 13.7. The summed E-state index contributed by atoms with van der Waals surface area (Å²) in [6.07, 6.45) is 5.74. The van der Waals surface area contributed by atoms with Crippen LogP contribution in [0, 0.1) is 5.92 Å². The molecule has 2 fully saturated rings. The number of primary amides is 1. The molecule has 0 radical (unpaired) electrons. The van der Waals surface area contributed by atoms with Crippen molar-refractivity contribution in [2.24, 2.45) is 11.7 Å². The Kier molecular flexibility index (Phi) is 9.23. The summed E-state index contributed by atoms with van der Waals surface area (Å²) in [6.45, 7) is 4.63. The minimum Gasteiger partial charge on any atom is -0.493 e. The number of nitrogens with zero attached hydrogens (tertiary/aromatic N) is 2. The van der Waals surface area contributed by atoms with Crippen LogP contribution in [0.3, 0.4) is 0 Å². The highest BCUT2D eigenvalue weighted by Crippen LogP contribution is 2.30. The number of ether oxygens (including phenoxy) is 2. The van der Waals surface area contributed by atoms with Crippen molar-refractivity contribution in [1.29, 1.82) is 0 Å². The molecule has 3 rings (SSSR count). The first-order valence-electron chi connectivity index (χ1n) is 12.6. The number of amides is 4. The summed E-state index contributed by atoms with van der Waals surface area (Å²) in [7, 11) is 3.14. The Hall–Kier alpha value is -2.97. The lowest BCUT2D eigenvalue weighted by atomic mass is 9.94. The van der Waals surface area contributed by atoms with Crippen LogP contribution < -0.4 is 20.5 Å². The van der Waals surface area contributed by atoms with Crippen LogP contribution in [-0.4, -0.2) is 66.5 Å². The minimum atomic E-state index is -0.656. The first-order valence-corrected chi connectivity index (χ1v) is 12.6. The number of carbonyl (C=O) groups excluding carboxylic acids is 3. The van der Waals surface area contributed by atoms with Gasteiger partial charge in [-0.2, -0.15) is 0 Å². The number of hydrogen-bond donors (Lipinski definition) is 2. The second kappa shape index (κ2) is 12.1. The summed E-state index contributed by atoms with van der Waals surface area (Å²) < 4.78 is 10.7. The quantitative estimate of drug-likeness (QED) is 0.555. The van der Waals surface area contributed by atoms with Crippen molar-refractivity contribution in [3.8, 4) is 11.5 Å². The van der Waals surface area contributed by atoms with Crippen molar-refractivity contribution >= 4 is 17.8 Å². The lowest BCUT2D eigenvalue weighted by Gasteiger charge is -2.46. The molecule has 2 atom stereocenters. The number of methoxy groups -OCH3 is 2. The lowest BCUT2D eigenvalue weighted by Crippen LogP contribution is -2.66. The van der Waals surface area contributed by atoms with Crippen LogP contribution in [0.15, 0.2) is 18.2 Å². The van der Waals surface area contributed by atoms with Gasteiger partial charge in [-0.3, -0.25) is 9.59 Å². The molecule has 1 aliphatic heterocycles. The number of urea groups is 1. The van der Waals surface area contributed by atoms with E-state index >= 15 is 0 Å². The fourth-order valence-corrected chi connectivity index (χ4v) is 5.22. The molecule has 35 heavy (non-hydrogen) atoms. The first kappa shape index (κ1) is 26.6. The zero-order chi connectivity index (χ0) is 25.5. The van der Waals surface area contributed by atoms with Gasteiger partial charge in [0.2, 0.25) is 11.8 Å². The van der Waals surface area contributed by atoms with Gasteiger partial charge in [0.15, 0.2) is 11.5 Å². The molecule has 3 N–H and O–H groups in total. The standard InChI is InChI=1S/C26H40N4O5/c1-17(2)12-21-25(32)29(15-18-10-11-22(34-3)23(13-18)35-4)16-20(14-24(27)31)30(21)26(33)28-19-8-6-5-7-9-19/h10-11,13,17,19-21H,5-9,12,14-16H2,1-4H3,(H2,27,31)(H,28,33)/t20-,21-/m1/s1. The molecule has 1 saturated carbocycles. The molecule has 0 unspecified atom stereocenters. The van der Waals surface area contributed by atoms with Gasteiger partial charge in [0.1, 0.15) is 6.04 Å². The van der Waals surface area contributed by atoms with Crippen molar-refractivity contribution in [2.75, 3.05) is 20.8 Å². The lowest BCUT2D eigenvalue weighted by molar-refractivity contribution is -0.145. The van der Waals surface area contributed by atoms with Gasteiger partial charge in [0.25, 0.3) is 0 Å². The van der Waals surface area contributed by atoms with E-state index < -0.39 is 18.0 Å².